The summed E-state index contributed by atoms with van der Waals surface area (Å²) in [6.45, 7) is 2.96. The van der Waals surface area contributed by atoms with Crippen LogP contribution in [0.3, 0.4) is 0 Å². The highest BCUT2D eigenvalue weighted by Crippen LogP contribution is 2.38. The number of para-hydroxylation sites is 1. The largest absolute Gasteiger partial charge is 0.383 e. The fourth-order valence-electron chi connectivity index (χ4n) is 2.12. The SMILES string of the molecule is CC1(CNc2ccccc2S(N)(=O)=O)CCCS1. The minimum absolute atomic E-state index is 0.164. The van der Waals surface area contributed by atoms with Crippen LogP contribution >= 0.6 is 11.8 Å². The third-order valence-electron chi connectivity index (χ3n) is 3.15. The molecular weight excluding hydrogens is 268 g/mol. The van der Waals surface area contributed by atoms with Crippen molar-refractivity contribution in [1.82, 2.24) is 0 Å². The summed E-state index contributed by atoms with van der Waals surface area (Å²) in [6.07, 6.45) is 2.38. The Morgan fingerprint density at radius 3 is 2.78 bits per heavy atom. The van der Waals surface area contributed by atoms with Crippen molar-refractivity contribution in [3.05, 3.63) is 24.3 Å². The highest BCUT2D eigenvalue weighted by Gasteiger charge is 2.29. The molecule has 1 aromatic rings. The maximum atomic E-state index is 11.5. The van der Waals surface area contributed by atoms with Gasteiger partial charge in [0.25, 0.3) is 0 Å². The summed E-state index contributed by atoms with van der Waals surface area (Å²) in [4.78, 5) is 0.164. The standard InChI is InChI=1S/C12H18N2O2S2/c1-12(7-4-8-17-12)9-14-10-5-2-3-6-11(10)18(13,15)16/h2-3,5-6,14H,4,7-9H2,1H3,(H2,13,15,16). The maximum Gasteiger partial charge on any atom is 0.240 e. The van der Waals surface area contributed by atoms with Crippen LogP contribution in [0.1, 0.15) is 19.8 Å². The number of nitrogens with two attached hydrogens (primary N) is 1. The zero-order valence-corrected chi connectivity index (χ0v) is 12.0. The number of nitrogens with one attached hydrogen (secondary N) is 1. The minimum atomic E-state index is -3.67. The fraction of sp³-hybridized carbons (Fsp3) is 0.500. The van der Waals surface area contributed by atoms with Crippen molar-refractivity contribution in [2.75, 3.05) is 17.6 Å². The first-order valence-electron chi connectivity index (χ1n) is 5.90. The molecule has 0 amide bonds. The lowest BCUT2D eigenvalue weighted by Gasteiger charge is -2.24. The molecule has 1 atom stereocenters. The van der Waals surface area contributed by atoms with Crippen molar-refractivity contribution >= 4 is 27.5 Å². The first-order valence-corrected chi connectivity index (χ1v) is 8.44. The first-order chi connectivity index (χ1) is 8.41. The molecule has 2 rings (SSSR count). The highest BCUT2D eigenvalue weighted by atomic mass is 32.2. The Labute approximate surface area is 112 Å². The van der Waals surface area contributed by atoms with Gasteiger partial charge in [-0.25, -0.2) is 13.6 Å². The third-order valence-corrected chi connectivity index (χ3v) is 5.65. The monoisotopic (exact) mass is 286 g/mol. The van der Waals surface area contributed by atoms with Gasteiger partial charge in [-0.2, -0.15) is 11.8 Å². The number of anilines is 1. The normalized spacial score (nSPS) is 24.1. The van der Waals surface area contributed by atoms with E-state index in [4.69, 9.17) is 5.14 Å². The summed E-state index contributed by atoms with van der Waals surface area (Å²) in [5.74, 6) is 1.18. The summed E-state index contributed by atoms with van der Waals surface area (Å²) in [7, 11) is -3.67. The maximum absolute atomic E-state index is 11.5. The van der Waals surface area contributed by atoms with Gasteiger partial charge in [0.15, 0.2) is 0 Å². The molecule has 1 unspecified atom stereocenters. The molecule has 1 fully saturated rings. The van der Waals surface area contributed by atoms with Gasteiger partial charge in [0.05, 0.1) is 5.69 Å². The van der Waals surface area contributed by atoms with Gasteiger partial charge in [-0.1, -0.05) is 12.1 Å². The lowest BCUT2D eigenvalue weighted by Crippen LogP contribution is -2.28. The van der Waals surface area contributed by atoms with Gasteiger partial charge in [0, 0.05) is 11.3 Å². The summed E-state index contributed by atoms with van der Waals surface area (Å²) in [5, 5.41) is 8.42. The van der Waals surface area contributed by atoms with Crippen LogP contribution in [-0.2, 0) is 10.0 Å². The molecule has 1 aliphatic heterocycles. The molecule has 18 heavy (non-hydrogen) atoms. The highest BCUT2D eigenvalue weighted by molar-refractivity contribution is 8.00. The van der Waals surface area contributed by atoms with E-state index in [0.717, 1.165) is 13.0 Å². The Kier molecular flexibility index (Phi) is 3.89. The molecule has 1 aromatic carbocycles. The number of thioether (sulfide) groups is 1. The van der Waals surface area contributed by atoms with Crippen molar-refractivity contribution < 1.29 is 8.42 Å². The van der Waals surface area contributed by atoms with Crippen LogP contribution in [0.15, 0.2) is 29.2 Å². The summed E-state index contributed by atoms with van der Waals surface area (Å²) in [6, 6.07) is 6.77. The molecular formula is C12H18N2O2S2. The van der Waals surface area contributed by atoms with E-state index < -0.39 is 10.0 Å². The first kappa shape index (κ1) is 13.7. The average Bonchev–Trinajstić information content (AvgIpc) is 2.73. The number of hydrogen-bond acceptors (Lipinski definition) is 4. The van der Waals surface area contributed by atoms with Crippen molar-refractivity contribution in [3.8, 4) is 0 Å². The van der Waals surface area contributed by atoms with E-state index >= 15 is 0 Å². The van der Waals surface area contributed by atoms with E-state index in [1.54, 1.807) is 18.2 Å². The molecule has 6 heteroatoms. The second-order valence-corrected chi connectivity index (χ2v) is 8.01. The topological polar surface area (TPSA) is 72.2 Å². The number of primary sulfonamides is 1. The van der Waals surface area contributed by atoms with E-state index in [-0.39, 0.29) is 9.64 Å². The van der Waals surface area contributed by atoms with E-state index in [0.29, 0.717) is 5.69 Å². The zero-order chi connectivity index (χ0) is 13.2. The molecule has 0 saturated carbocycles. The smallest absolute Gasteiger partial charge is 0.240 e. The lowest BCUT2D eigenvalue weighted by atomic mass is 10.1. The molecule has 100 valence electrons. The zero-order valence-electron chi connectivity index (χ0n) is 10.3. The second kappa shape index (κ2) is 5.11. The van der Waals surface area contributed by atoms with Crippen molar-refractivity contribution in [2.24, 2.45) is 5.14 Å². The van der Waals surface area contributed by atoms with Crippen LogP contribution in [0.25, 0.3) is 0 Å². The Morgan fingerprint density at radius 2 is 2.17 bits per heavy atom. The quantitative estimate of drug-likeness (QED) is 0.888. The van der Waals surface area contributed by atoms with Gasteiger partial charge in [-0.05, 0) is 37.7 Å². The Bertz CT molecular complexity index is 523. The predicted octanol–water partition coefficient (Wildman–Crippen LogP) is 2.03. The van der Waals surface area contributed by atoms with E-state index in [1.807, 2.05) is 11.8 Å². The Morgan fingerprint density at radius 1 is 1.44 bits per heavy atom. The Hall–Kier alpha value is -0.720. The van der Waals surface area contributed by atoms with Crippen LogP contribution < -0.4 is 10.5 Å². The molecule has 4 nitrogen and oxygen atoms in total. The molecule has 3 N–H and O–H groups in total. The lowest BCUT2D eigenvalue weighted by molar-refractivity contribution is 0.597. The van der Waals surface area contributed by atoms with Crippen LogP contribution in [0.2, 0.25) is 0 Å². The van der Waals surface area contributed by atoms with Crippen molar-refractivity contribution in [1.29, 1.82) is 0 Å². The van der Waals surface area contributed by atoms with Crippen LogP contribution in [0.5, 0.6) is 0 Å². The molecule has 0 aromatic heterocycles. The molecule has 1 saturated heterocycles. The molecule has 0 aliphatic carbocycles. The van der Waals surface area contributed by atoms with Crippen molar-refractivity contribution in [2.45, 2.75) is 29.4 Å². The molecule has 1 heterocycles. The number of rotatable bonds is 4. The number of benzene rings is 1. The summed E-state index contributed by atoms with van der Waals surface area (Å²) in [5.41, 5.74) is 0.591. The van der Waals surface area contributed by atoms with Gasteiger partial charge in [0.2, 0.25) is 10.0 Å². The molecule has 0 spiro atoms. The molecule has 0 bridgehead atoms. The van der Waals surface area contributed by atoms with Crippen molar-refractivity contribution in [3.63, 3.8) is 0 Å². The van der Waals surface area contributed by atoms with Crippen LogP contribution in [-0.4, -0.2) is 25.5 Å². The summed E-state index contributed by atoms with van der Waals surface area (Å²) >= 11 is 1.93. The van der Waals surface area contributed by atoms with Crippen LogP contribution in [0.4, 0.5) is 5.69 Å². The van der Waals surface area contributed by atoms with Gasteiger partial charge in [-0.3, -0.25) is 0 Å². The predicted molar refractivity (Wildman–Crippen MR) is 76.4 cm³/mol. The van der Waals surface area contributed by atoms with Crippen LogP contribution in [0, 0.1) is 0 Å². The number of hydrogen-bond donors (Lipinski definition) is 2. The Balaban J connectivity index is 2.15. The van der Waals surface area contributed by atoms with Gasteiger partial charge in [-0.15, -0.1) is 0 Å². The van der Waals surface area contributed by atoms with E-state index in [2.05, 4.69) is 12.2 Å². The van der Waals surface area contributed by atoms with Gasteiger partial charge < -0.3 is 5.32 Å². The number of sulfonamides is 1. The third kappa shape index (κ3) is 3.18. The fourth-order valence-corrected chi connectivity index (χ4v) is 4.08. The van der Waals surface area contributed by atoms with Gasteiger partial charge >= 0.3 is 0 Å². The second-order valence-electron chi connectivity index (χ2n) is 4.80. The van der Waals surface area contributed by atoms with E-state index in [9.17, 15) is 8.42 Å². The average molecular weight is 286 g/mol. The molecule has 0 radical (unpaired) electrons. The van der Waals surface area contributed by atoms with E-state index in [1.165, 1.54) is 18.2 Å². The van der Waals surface area contributed by atoms with Gasteiger partial charge in [0.1, 0.15) is 4.90 Å². The molecule has 1 aliphatic rings. The minimum Gasteiger partial charge on any atom is -0.383 e. The summed E-state index contributed by atoms with van der Waals surface area (Å²) < 4.78 is 23.1.